The van der Waals surface area contributed by atoms with Crippen molar-refractivity contribution in [3.8, 4) is 0 Å². The summed E-state index contributed by atoms with van der Waals surface area (Å²) < 4.78 is 5.66. The fraction of sp³-hybridized carbons (Fsp3) is 0.485. The van der Waals surface area contributed by atoms with Crippen LogP contribution in [-0.4, -0.2) is 74.0 Å². The molecule has 15 heteroatoms. The molecule has 1 aromatic heterocycles. The van der Waals surface area contributed by atoms with Crippen LogP contribution in [0.2, 0.25) is 5.02 Å². The molecule has 0 aliphatic rings. The van der Waals surface area contributed by atoms with E-state index in [9.17, 15) is 19.7 Å². The van der Waals surface area contributed by atoms with Crippen LogP contribution in [0, 0.1) is 10.1 Å². The van der Waals surface area contributed by atoms with Crippen LogP contribution >= 0.6 is 23.4 Å². The van der Waals surface area contributed by atoms with Gasteiger partial charge in [0.05, 0.1) is 11.5 Å². The number of carbonyl (C=O) groups excluding carboxylic acids is 2. The third-order valence-corrected chi connectivity index (χ3v) is 8.25. The van der Waals surface area contributed by atoms with E-state index in [1.807, 2.05) is 58.9 Å². The molecule has 13 nitrogen and oxygen atoms in total. The number of nitrogens with one attached hydrogen (secondary N) is 3. The third kappa shape index (κ3) is 12.5. The molecule has 3 N–H and O–H groups in total. The summed E-state index contributed by atoms with van der Waals surface area (Å²) in [6.07, 6.45) is 1.41. The second-order valence-electron chi connectivity index (χ2n) is 12.4. The number of aromatic nitrogens is 3. The van der Waals surface area contributed by atoms with Gasteiger partial charge in [0.2, 0.25) is 17.8 Å². The summed E-state index contributed by atoms with van der Waals surface area (Å²) in [4.78, 5) is 51.6. The van der Waals surface area contributed by atoms with E-state index in [0.717, 1.165) is 12.0 Å². The van der Waals surface area contributed by atoms with Gasteiger partial charge in [0.15, 0.2) is 5.16 Å². The molecule has 0 bridgehead atoms. The lowest BCUT2D eigenvalue weighted by atomic mass is 9.95. The minimum absolute atomic E-state index is 0.0390. The molecule has 3 rings (SSSR count). The molecular weight excluding hydrogens is 656 g/mol. The topological polar surface area (TPSA) is 165 Å². The maximum Gasteiger partial charge on any atom is 0.326 e. The molecule has 1 heterocycles. The van der Waals surface area contributed by atoms with E-state index in [4.69, 9.17) is 16.3 Å². The Morgan fingerprint density at radius 1 is 0.979 bits per heavy atom. The fourth-order valence-electron chi connectivity index (χ4n) is 4.65. The van der Waals surface area contributed by atoms with Gasteiger partial charge in [-0.1, -0.05) is 67.0 Å². The highest BCUT2D eigenvalue weighted by atomic mass is 35.5. The van der Waals surface area contributed by atoms with Crippen LogP contribution in [0.25, 0.3) is 0 Å². The maximum atomic E-state index is 13.0. The van der Waals surface area contributed by atoms with Crippen LogP contribution in [0.1, 0.15) is 65.5 Å². The number of hydrogen-bond donors (Lipinski definition) is 3. The third-order valence-electron chi connectivity index (χ3n) is 7.08. The molecule has 1 amide bonds. The Bertz CT molecular complexity index is 1540. The molecule has 0 fully saturated rings. The molecule has 0 radical (unpaired) electrons. The van der Waals surface area contributed by atoms with Gasteiger partial charge < -0.3 is 25.6 Å². The van der Waals surface area contributed by atoms with Gasteiger partial charge >= 0.3 is 5.97 Å². The lowest BCUT2D eigenvalue weighted by Gasteiger charge is -2.32. The molecule has 48 heavy (non-hydrogen) atoms. The van der Waals surface area contributed by atoms with Crippen molar-refractivity contribution in [1.29, 1.82) is 0 Å². The Labute approximate surface area is 291 Å². The zero-order valence-electron chi connectivity index (χ0n) is 28.3. The SMILES string of the molecule is CCCC(C)(NCCNc1nc(NCCN(Cc2ccccc2[N+](=O)[O-])C(C)=O)nc(SCc2ccc(Cl)cc2)n1)C(=O)OC(C)(C)C. The lowest BCUT2D eigenvalue weighted by Crippen LogP contribution is -2.53. The quantitative estimate of drug-likeness (QED) is 0.0461. The Morgan fingerprint density at radius 3 is 2.23 bits per heavy atom. The number of rotatable bonds is 18. The van der Waals surface area contributed by atoms with Crippen molar-refractivity contribution < 1.29 is 19.2 Å². The first-order chi connectivity index (χ1) is 22.7. The van der Waals surface area contributed by atoms with Gasteiger partial charge in [-0.15, -0.1) is 0 Å². The van der Waals surface area contributed by atoms with E-state index in [-0.39, 0.29) is 37.2 Å². The highest BCUT2D eigenvalue weighted by Crippen LogP contribution is 2.24. The minimum atomic E-state index is -0.849. The minimum Gasteiger partial charge on any atom is -0.459 e. The highest BCUT2D eigenvalue weighted by Gasteiger charge is 2.35. The first-order valence-corrected chi connectivity index (χ1v) is 17.1. The monoisotopic (exact) mass is 700 g/mol. The van der Waals surface area contributed by atoms with Gasteiger partial charge in [-0.3, -0.25) is 19.7 Å². The largest absolute Gasteiger partial charge is 0.459 e. The van der Waals surface area contributed by atoms with Crippen molar-refractivity contribution in [2.45, 2.75) is 83.0 Å². The van der Waals surface area contributed by atoms with Crippen molar-refractivity contribution in [3.05, 3.63) is 74.8 Å². The van der Waals surface area contributed by atoms with E-state index in [1.165, 1.54) is 29.7 Å². The van der Waals surface area contributed by atoms with Gasteiger partial charge in [0.25, 0.3) is 5.69 Å². The Kier molecular flexibility index (Phi) is 14.4. The number of nitrogens with zero attached hydrogens (tertiary/aromatic N) is 5. The van der Waals surface area contributed by atoms with Crippen LogP contribution in [-0.2, 0) is 26.6 Å². The molecule has 0 aliphatic carbocycles. The molecule has 0 saturated heterocycles. The summed E-state index contributed by atoms with van der Waals surface area (Å²) in [5, 5.41) is 22.3. The summed E-state index contributed by atoms with van der Waals surface area (Å²) in [5.41, 5.74) is 0.00466. The lowest BCUT2D eigenvalue weighted by molar-refractivity contribution is -0.385. The number of thioether (sulfide) groups is 1. The molecule has 3 aromatic rings. The standard InChI is InChI=1S/C33H45ClN8O5S/c1-7-16-33(6,28(44)47-32(3,4)5)37-18-17-35-29-38-30(40-31(39-29)48-22-24-12-14-26(34)15-13-24)36-19-20-41(23(2)43)21-25-10-8-9-11-27(25)42(45)46/h8-15,37H,7,16-22H2,1-6H3,(H2,35,36,38,39,40). The summed E-state index contributed by atoms with van der Waals surface area (Å²) in [6.45, 7) is 12.3. The van der Waals surface area contributed by atoms with E-state index in [1.54, 1.807) is 18.2 Å². The number of esters is 1. The highest BCUT2D eigenvalue weighted by molar-refractivity contribution is 7.98. The number of halogens is 1. The van der Waals surface area contributed by atoms with Crippen molar-refractivity contribution in [2.75, 3.05) is 36.8 Å². The van der Waals surface area contributed by atoms with Crippen LogP contribution in [0.15, 0.2) is 53.7 Å². The van der Waals surface area contributed by atoms with Crippen LogP contribution in [0.4, 0.5) is 17.6 Å². The summed E-state index contributed by atoms with van der Waals surface area (Å²) in [6, 6.07) is 13.9. The van der Waals surface area contributed by atoms with E-state index in [0.29, 0.717) is 52.9 Å². The maximum absolute atomic E-state index is 13.0. The van der Waals surface area contributed by atoms with Crippen molar-refractivity contribution in [2.24, 2.45) is 0 Å². The Balaban J connectivity index is 1.70. The van der Waals surface area contributed by atoms with Gasteiger partial charge in [0, 0.05) is 55.5 Å². The molecular formula is C33H45ClN8O5S. The first kappa shape index (κ1) is 38.4. The number of nitro groups is 1. The Hall–Kier alpha value is -4.01. The number of nitro benzene ring substituents is 1. The molecule has 0 saturated carbocycles. The van der Waals surface area contributed by atoms with Gasteiger partial charge in [0.1, 0.15) is 11.1 Å². The number of benzene rings is 2. The van der Waals surface area contributed by atoms with Gasteiger partial charge in [-0.25, -0.2) is 0 Å². The molecule has 0 aliphatic heterocycles. The number of anilines is 2. The second kappa shape index (κ2) is 17.9. The number of ether oxygens (including phenoxy) is 1. The molecule has 2 aromatic carbocycles. The van der Waals surface area contributed by atoms with Crippen LogP contribution < -0.4 is 16.0 Å². The average molecular weight is 701 g/mol. The predicted octanol–water partition coefficient (Wildman–Crippen LogP) is 6.09. The Morgan fingerprint density at radius 2 is 1.62 bits per heavy atom. The average Bonchev–Trinajstić information content (AvgIpc) is 3.02. The zero-order valence-corrected chi connectivity index (χ0v) is 29.9. The molecule has 0 spiro atoms. The van der Waals surface area contributed by atoms with Crippen molar-refractivity contribution in [3.63, 3.8) is 0 Å². The first-order valence-electron chi connectivity index (χ1n) is 15.8. The number of para-hydroxylation sites is 1. The molecule has 1 atom stereocenters. The second-order valence-corrected chi connectivity index (χ2v) is 13.7. The van der Waals surface area contributed by atoms with E-state index >= 15 is 0 Å². The van der Waals surface area contributed by atoms with Crippen LogP contribution in [0.5, 0.6) is 0 Å². The zero-order chi connectivity index (χ0) is 35.3. The van der Waals surface area contributed by atoms with Crippen molar-refractivity contribution >= 4 is 52.8 Å². The van der Waals surface area contributed by atoms with Gasteiger partial charge in [-0.2, -0.15) is 15.0 Å². The number of carbonyl (C=O) groups is 2. The molecule has 1 unspecified atom stereocenters. The smallest absolute Gasteiger partial charge is 0.326 e. The van der Waals surface area contributed by atoms with Crippen LogP contribution in [0.3, 0.4) is 0 Å². The van der Waals surface area contributed by atoms with Gasteiger partial charge in [-0.05, 0) is 51.8 Å². The summed E-state index contributed by atoms with van der Waals surface area (Å²) in [7, 11) is 0. The number of hydrogen-bond acceptors (Lipinski definition) is 12. The fourth-order valence-corrected chi connectivity index (χ4v) is 5.57. The number of amides is 1. The summed E-state index contributed by atoms with van der Waals surface area (Å²) in [5.74, 6) is 0.719. The normalized spacial score (nSPS) is 12.6. The predicted molar refractivity (Wildman–Crippen MR) is 189 cm³/mol. The van der Waals surface area contributed by atoms with E-state index < -0.39 is 16.1 Å². The molecule has 260 valence electrons. The summed E-state index contributed by atoms with van der Waals surface area (Å²) >= 11 is 7.46. The van der Waals surface area contributed by atoms with E-state index in [2.05, 4.69) is 30.9 Å². The van der Waals surface area contributed by atoms with Crippen molar-refractivity contribution in [1.82, 2.24) is 25.2 Å².